The molecule has 3 aliphatic rings. The molecule has 0 spiro atoms. The number of hydrogen-bond acceptors (Lipinski definition) is 18. The summed E-state index contributed by atoms with van der Waals surface area (Å²) in [6, 6.07) is 43.6. The maximum absolute atomic E-state index is 13.3. The third kappa shape index (κ3) is 19.5. The Morgan fingerprint density at radius 3 is 1.11 bits per heavy atom. The van der Waals surface area contributed by atoms with E-state index in [4.69, 9.17) is 44.0 Å². The van der Waals surface area contributed by atoms with Crippen molar-refractivity contribution < 1.29 is 83.7 Å². The summed E-state index contributed by atoms with van der Waals surface area (Å²) < 4.78 is 108. The third-order valence-electron chi connectivity index (χ3n) is 17.5. The fourth-order valence-corrected chi connectivity index (χ4v) is 17.9. The Hall–Kier alpha value is -6.78. The minimum absolute atomic E-state index is 0.00877. The molecule has 3 saturated heterocycles. The molecule has 6 aromatic carbocycles. The molecule has 0 aliphatic carbocycles. The van der Waals surface area contributed by atoms with Gasteiger partial charge < -0.3 is 28.4 Å². The van der Waals surface area contributed by atoms with Crippen LogP contribution in [0.2, 0.25) is 0 Å². The van der Waals surface area contributed by atoms with Crippen molar-refractivity contribution in [2.24, 2.45) is 5.92 Å². The number of sulfone groups is 3. The second kappa shape index (κ2) is 36.0. The minimum Gasteiger partial charge on any atom is -0.497 e. The summed E-state index contributed by atoms with van der Waals surface area (Å²) in [5.41, 5.74) is 10.7. The number of aryl methyl sites for hydroxylation is 5. The number of amides is 3. The zero-order valence-corrected chi connectivity index (χ0v) is 58.0. The first-order chi connectivity index (χ1) is 45.6. The van der Waals surface area contributed by atoms with Crippen molar-refractivity contribution in [2.45, 2.75) is 146 Å². The van der Waals surface area contributed by atoms with Gasteiger partial charge in [-0.3, -0.25) is 30.0 Å². The molecule has 0 saturated carbocycles. The van der Waals surface area contributed by atoms with Crippen molar-refractivity contribution in [1.82, 2.24) is 16.4 Å². The van der Waals surface area contributed by atoms with Crippen LogP contribution < -0.4 is 30.7 Å². The highest BCUT2D eigenvalue weighted by Gasteiger charge is 2.54. The maximum Gasteiger partial charge on any atom is 0.265 e. The molecule has 0 unspecified atom stereocenters. The molecule has 516 valence electrons. The Bertz CT molecular complexity index is 3760. The minimum atomic E-state index is -4.03. The number of hydroxylamine groups is 3. The number of benzene rings is 6. The fraction of sp³-hybridized carbons (Fsp3) is 0.443. The SMILES string of the molecule is CC(C)CCc1cccc(CCCOc2ccc(S(=O)(=O)C3(C(=O)NO)CCOCC3)cc2)c1.COc1ccc(CCCCc2ccc(S(=O)(=O)C3(C(=O)NO)CCOCC3)cc2)cc1.O=C(NO)C1(S(=O)(=O)c2ccc(OCCCc3cccc(Br)c3)cc2)CCOCC1. The Labute approximate surface area is 566 Å². The summed E-state index contributed by atoms with van der Waals surface area (Å²) in [6.45, 7) is 6.30. The van der Waals surface area contributed by atoms with E-state index < -0.39 is 61.5 Å². The molecule has 3 heterocycles. The molecule has 6 aromatic rings. The lowest BCUT2D eigenvalue weighted by molar-refractivity contribution is -0.135. The van der Waals surface area contributed by atoms with Crippen LogP contribution in [0.15, 0.2) is 165 Å². The van der Waals surface area contributed by atoms with Gasteiger partial charge in [0.25, 0.3) is 17.7 Å². The third-order valence-corrected chi connectivity index (χ3v) is 25.5. The van der Waals surface area contributed by atoms with Crippen LogP contribution in [0, 0.1) is 5.92 Å². The molecule has 95 heavy (non-hydrogen) atoms. The second-order valence-corrected chi connectivity index (χ2v) is 31.8. The molecule has 3 fully saturated rings. The van der Waals surface area contributed by atoms with Crippen molar-refractivity contribution in [3.63, 3.8) is 0 Å². The highest BCUT2D eigenvalue weighted by atomic mass is 79.9. The number of ether oxygens (including phenoxy) is 6. The lowest BCUT2D eigenvalue weighted by atomic mass is 9.98. The van der Waals surface area contributed by atoms with Crippen molar-refractivity contribution in [3.05, 3.63) is 178 Å². The van der Waals surface area contributed by atoms with Gasteiger partial charge in [-0.2, -0.15) is 0 Å². The summed E-state index contributed by atoms with van der Waals surface area (Å²) in [7, 11) is -10.4. The fourth-order valence-electron chi connectivity index (χ4n) is 11.7. The summed E-state index contributed by atoms with van der Waals surface area (Å²) in [5, 5.41) is 27.4. The maximum atomic E-state index is 13.3. The van der Waals surface area contributed by atoms with Gasteiger partial charge in [-0.25, -0.2) is 41.7 Å². The van der Waals surface area contributed by atoms with Gasteiger partial charge in [0.2, 0.25) is 0 Å². The molecule has 0 atom stereocenters. The number of nitrogens with one attached hydrogen (secondary N) is 3. The number of hydrogen-bond donors (Lipinski definition) is 6. The van der Waals surface area contributed by atoms with Gasteiger partial charge in [-0.15, -0.1) is 0 Å². The summed E-state index contributed by atoms with van der Waals surface area (Å²) in [4.78, 5) is 37.0. The van der Waals surface area contributed by atoms with Gasteiger partial charge in [0.1, 0.15) is 17.2 Å². The summed E-state index contributed by atoms with van der Waals surface area (Å²) in [6.07, 6.45) is 9.46. The number of carbonyl (C=O) groups is 3. The molecule has 0 radical (unpaired) electrons. The number of halogens is 1. The molecule has 6 N–H and O–H groups in total. The second-order valence-electron chi connectivity index (χ2n) is 24.1. The molecule has 3 aliphatic heterocycles. The van der Waals surface area contributed by atoms with E-state index in [9.17, 15) is 39.6 Å². The monoisotopic (exact) mass is 1430 g/mol. The van der Waals surface area contributed by atoms with Crippen molar-refractivity contribution >= 4 is 63.2 Å². The Morgan fingerprint density at radius 1 is 0.442 bits per heavy atom. The highest BCUT2D eigenvalue weighted by Crippen LogP contribution is 2.39. The Balaban J connectivity index is 0.000000202. The smallest absolute Gasteiger partial charge is 0.265 e. The lowest BCUT2D eigenvalue weighted by Crippen LogP contribution is -2.54. The first-order valence-electron chi connectivity index (χ1n) is 31.9. The van der Waals surface area contributed by atoms with E-state index >= 15 is 0 Å². The number of methoxy groups -OCH3 is 1. The molecular weight excluding hydrogens is 1350 g/mol. The van der Waals surface area contributed by atoms with E-state index in [1.54, 1.807) is 55.6 Å². The number of carbonyl (C=O) groups excluding carboxylic acids is 3. The summed E-state index contributed by atoms with van der Waals surface area (Å²) in [5.74, 6) is -0.111. The standard InChI is InChI=1S/C26H35NO6S.C23H29NO6S.C21H24BrNO6S/c1-20(2)8-9-22-6-3-5-21(19-22)7-4-16-33-23-10-12-24(13-11-23)34(30,31)26(25(28)27-29)14-17-32-18-15-26;1-29-20-10-6-18(7-11-20)4-2-3-5-19-8-12-21(13-9-19)31(27,28)23(22(25)24-26)14-16-30-17-15-23;22-17-5-1-3-16(15-17)4-2-12-29-18-6-8-19(9-7-18)30(26,27)21(20(24)23-25)10-13-28-14-11-21/h3,5-6,10-13,19-20,29H,4,7-9,14-18H2,1-2H3,(H,27,28);6-13,26H,2-5,14-17H2,1H3,(H,24,25);1,3,5-9,15,25H,2,4,10-14H2,(H,23,24). The molecular formula is C70H88BrN3O18S3. The van der Waals surface area contributed by atoms with Crippen LogP contribution in [-0.2, 0) is 90.2 Å². The van der Waals surface area contributed by atoms with Gasteiger partial charge in [0.15, 0.2) is 43.8 Å². The lowest BCUT2D eigenvalue weighted by Gasteiger charge is -2.34. The van der Waals surface area contributed by atoms with Crippen molar-refractivity contribution in [3.8, 4) is 17.2 Å². The predicted molar refractivity (Wildman–Crippen MR) is 360 cm³/mol. The van der Waals surface area contributed by atoms with Gasteiger partial charge in [0, 0.05) is 44.1 Å². The Morgan fingerprint density at radius 2 is 0.758 bits per heavy atom. The molecule has 25 heteroatoms. The van der Waals surface area contributed by atoms with Gasteiger partial charge in [-0.1, -0.05) is 90.4 Å². The van der Waals surface area contributed by atoms with E-state index in [2.05, 4.69) is 78.3 Å². The van der Waals surface area contributed by atoms with E-state index in [0.29, 0.717) is 30.6 Å². The average Bonchev–Trinajstić information content (AvgIpc) is 0.767. The average molecular weight is 1440 g/mol. The molecule has 3 amide bonds. The largest absolute Gasteiger partial charge is 0.497 e. The molecule has 9 rings (SSSR count). The normalized spacial score (nSPS) is 15.9. The molecule has 0 bridgehead atoms. The van der Waals surface area contributed by atoms with Crippen LogP contribution in [0.25, 0.3) is 0 Å². The van der Waals surface area contributed by atoms with Crippen LogP contribution in [0.1, 0.15) is 112 Å². The topological polar surface area (TPSA) is 306 Å². The summed E-state index contributed by atoms with van der Waals surface area (Å²) >= 11 is 3.45. The van der Waals surface area contributed by atoms with Crippen LogP contribution >= 0.6 is 15.9 Å². The molecule has 0 aromatic heterocycles. The van der Waals surface area contributed by atoms with Crippen LogP contribution in [-0.4, -0.2) is 133 Å². The first kappa shape index (κ1) is 75.6. The van der Waals surface area contributed by atoms with E-state index in [1.165, 1.54) is 69.4 Å². The van der Waals surface area contributed by atoms with Crippen LogP contribution in [0.3, 0.4) is 0 Å². The van der Waals surface area contributed by atoms with Crippen molar-refractivity contribution in [2.75, 3.05) is 60.0 Å². The first-order valence-corrected chi connectivity index (χ1v) is 37.1. The molecule has 21 nitrogen and oxygen atoms in total. The van der Waals surface area contributed by atoms with Crippen LogP contribution in [0.4, 0.5) is 0 Å². The zero-order valence-electron chi connectivity index (χ0n) is 54.0. The number of unbranched alkanes of at least 4 members (excludes halogenated alkanes) is 1. The van der Waals surface area contributed by atoms with E-state index in [0.717, 1.165) is 73.6 Å². The van der Waals surface area contributed by atoms with Crippen LogP contribution in [0.5, 0.6) is 17.2 Å². The van der Waals surface area contributed by atoms with E-state index in [1.807, 2.05) is 24.3 Å². The number of rotatable bonds is 28. The highest BCUT2D eigenvalue weighted by molar-refractivity contribution is 9.10. The quantitative estimate of drug-likeness (QED) is 0.0151. The van der Waals surface area contributed by atoms with E-state index in [-0.39, 0.29) is 92.9 Å². The van der Waals surface area contributed by atoms with Crippen molar-refractivity contribution in [1.29, 1.82) is 0 Å². The van der Waals surface area contributed by atoms with Gasteiger partial charge >= 0.3 is 0 Å². The Kier molecular flexibility index (Phi) is 28.6. The zero-order chi connectivity index (χ0) is 68.5. The predicted octanol–water partition coefficient (Wildman–Crippen LogP) is 10.5. The van der Waals surface area contributed by atoms with Gasteiger partial charge in [0.05, 0.1) is 35.0 Å². The van der Waals surface area contributed by atoms with Gasteiger partial charge in [-0.05, 0) is 221 Å².